The molecule has 0 atom stereocenters. The summed E-state index contributed by atoms with van der Waals surface area (Å²) in [4.78, 5) is 11.0. The van der Waals surface area contributed by atoms with Crippen molar-refractivity contribution in [3.63, 3.8) is 0 Å². The average Bonchev–Trinajstić information content (AvgIpc) is 2.38. The molecule has 0 saturated carbocycles. The monoisotopic (exact) mass is 238 g/mol. The number of rotatable bonds is 6. The summed E-state index contributed by atoms with van der Waals surface area (Å²) >= 11 is 0. The number of likely N-dealkylation sites (N-methyl/N-ethyl adjacent to an activating group) is 1. The van der Waals surface area contributed by atoms with E-state index >= 15 is 0 Å². The maximum absolute atomic E-state index is 11.0. The second-order valence-electron chi connectivity index (χ2n) is 3.47. The molecule has 0 heterocycles. The van der Waals surface area contributed by atoms with Crippen LogP contribution in [0.5, 0.6) is 11.5 Å². The van der Waals surface area contributed by atoms with Gasteiger partial charge in [0.1, 0.15) is 0 Å². The summed E-state index contributed by atoms with van der Waals surface area (Å²) in [7, 11) is 4.81. The Kier molecular flexibility index (Phi) is 5.29. The largest absolute Gasteiger partial charge is 0.493 e. The van der Waals surface area contributed by atoms with E-state index in [2.05, 4.69) is 10.6 Å². The fourth-order valence-corrected chi connectivity index (χ4v) is 1.40. The molecule has 0 saturated heterocycles. The Balaban J connectivity index is 2.57. The molecule has 5 nitrogen and oxygen atoms in total. The summed E-state index contributed by atoms with van der Waals surface area (Å²) in [5.41, 5.74) is 1.03. The summed E-state index contributed by atoms with van der Waals surface area (Å²) in [5.74, 6) is 1.35. The molecule has 0 aliphatic carbocycles. The van der Waals surface area contributed by atoms with Gasteiger partial charge in [0.2, 0.25) is 5.91 Å². The molecule has 17 heavy (non-hydrogen) atoms. The fourth-order valence-electron chi connectivity index (χ4n) is 1.40. The molecule has 0 unspecified atom stereocenters. The Bertz CT molecular complexity index is 380. The fraction of sp³-hybridized carbons (Fsp3) is 0.417. The summed E-state index contributed by atoms with van der Waals surface area (Å²) in [6, 6.07) is 5.66. The van der Waals surface area contributed by atoms with Gasteiger partial charge in [-0.1, -0.05) is 6.07 Å². The van der Waals surface area contributed by atoms with Crippen molar-refractivity contribution < 1.29 is 14.3 Å². The SMILES string of the molecule is CNC(=O)CNCc1ccc(OC)c(OC)c1. The maximum atomic E-state index is 11.0. The lowest BCUT2D eigenvalue weighted by Gasteiger charge is -2.10. The summed E-state index contributed by atoms with van der Waals surface area (Å²) in [6.07, 6.45) is 0. The first-order valence-electron chi connectivity index (χ1n) is 5.33. The van der Waals surface area contributed by atoms with Crippen molar-refractivity contribution in [3.8, 4) is 11.5 Å². The molecule has 0 aliphatic rings. The first-order chi connectivity index (χ1) is 8.21. The third-order valence-corrected chi connectivity index (χ3v) is 2.34. The van der Waals surface area contributed by atoms with E-state index in [0.717, 1.165) is 5.56 Å². The van der Waals surface area contributed by atoms with Gasteiger partial charge >= 0.3 is 0 Å². The number of hydrogen-bond donors (Lipinski definition) is 2. The highest BCUT2D eigenvalue weighted by Crippen LogP contribution is 2.27. The van der Waals surface area contributed by atoms with Gasteiger partial charge in [-0.2, -0.15) is 0 Å². The van der Waals surface area contributed by atoms with Crippen molar-refractivity contribution in [2.24, 2.45) is 0 Å². The van der Waals surface area contributed by atoms with Crippen LogP contribution >= 0.6 is 0 Å². The second kappa shape index (κ2) is 6.75. The third kappa shape index (κ3) is 3.96. The molecule has 0 spiro atoms. The number of benzene rings is 1. The highest BCUT2D eigenvalue weighted by atomic mass is 16.5. The molecule has 2 N–H and O–H groups in total. The van der Waals surface area contributed by atoms with E-state index < -0.39 is 0 Å². The molecule has 0 radical (unpaired) electrons. The molecule has 1 amide bonds. The molecule has 94 valence electrons. The highest BCUT2D eigenvalue weighted by Gasteiger charge is 2.04. The molecule has 0 aliphatic heterocycles. The second-order valence-corrected chi connectivity index (χ2v) is 3.47. The molecule has 1 rings (SSSR count). The number of carbonyl (C=O) groups excluding carboxylic acids is 1. The van der Waals surface area contributed by atoms with Gasteiger partial charge in [0.25, 0.3) is 0 Å². The number of amides is 1. The van der Waals surface area contributed by atoms with Gasteiger partial charge in [-0.05, 0) is 17.7 Å². The van der Waals surface area contributed by atoms with Crippen molar-refractivity contribution >= 4 is 5.91 Å². The lowest BCUT2D eigenvalue weighted by Crippen LogP contribution is -2.30. The van der Waals surface area contributed by atoms with Crippen LogP contribution in [0.15, 0.2) is 18.2 Å². The number of hydrogen-bond acceptors (Lipinski definition) is 4. The van der Waals surface area contributed by atoms with E-state index in [-0.39, 0.29) is 5.91 Å². The van der Waals surface area contributed by atoms with Gasteiger partial charge < -0.3 is 20.1 Å². The summed E-state index contributed by atoms with van der Waals surface area (Å²) < 4.78 is 10.3. The quantitative estimate of drug-likeness (QED) is 0.759. The zero-order valence-corrected chi connectivity index (χ0v) is 10.4. The van der Waals surface area contributed by atoms with Gasteiger partial charge in [0.15, 0.2) is 11.5 Å². The summed E-state index contributed by atoms with van der Waals surface area (Å²) in [6.45, 7) is 0.901. The topological polar surface area (TPSA) is 59.6 Å². The van der Waals surface area contributed by atoms with Crippen LogP contribution in [0.4, 0.5) is 0 Å². The summed E-state index contributed by atoms with van der Waals surface area (Å²) in [5, 5.41) is 5.58. The Labute approximate surface area is 101 Å². The van der Waals surface area contributed by atoms with E-state index in [4.69, 9.17) is 9.47 Å². The lowest BCUT2D eigenvalue weighted by molar-refractivity contribution is -0.119. The number of methoxy groups -OCH3 is 2. The van der Waals surface area contributed by atoms with E-state index in [1.165, 1.54) is 0 Å². The zero-order valence-electron chi connectivity index (χ0n) is 10.4. The van der Waals surface area contributed by atoms with Crippen LogP contribution in [0.3, 0.4) is 0 Å². The van der Waals surface area contributed by atoms with E-state index in [1.807, 2.05) is 18.2 Å². The first kappa shape index (κ1) is 13.3. The minimum atomic E-state index is -0.0366. The van der Waals surface area contributed by atoms with Crippen LogP contribution in [-0.4, -0.2) is 33.7 Å². The van der Waals surface area contributed by atoms with Crippen molar-refractivity contribution in [1.29, 1.82) is 0 Å². The Morgan fingerprint density at radius 1 is 1.24 bits per heavy atom. The van der Waals surface area contributed by atoms with Crippen molar-refractivity contribution in [2.45, 2.75) is 6.54 Å². The highest BCUT2D eigenvalue weighted by molar-refractivity contribution is 5.77. The van der Waals surface area contributed by atoms with Crippen LogP contribution in [0, 0.1) is 0 Å². The minimum absolute atomic E-state index is 0.0366. The molecule has 0 bridgehead atoms. The Morgan fingerprint density at radius 2 is 1.94 bits per heavy atom. The van der Waals surface area contributed by atoms with E-state index in [9.17, 15) is 4.79 Å². The van der Waals surface area contributed by atoms with Crippen LogP contribution in [0.2, 0.25) is 0 Å². The molecular formula is C12H18N2O3. The zero-order chi connectivity index (χ0) is 12.7. The van der Waals surface area contributed by atoms with Crippen LogP contribution < -0.4 is 20.1 Å². The van der Waals surface area contributed by atoms with Crippen molar-refractivity contribution in [1.82, 2.24) is 10.6 Å². The van der Waals surface area contributed by atoms with Gasteiger partial charge in [-0.25, -0.2) is 0 Å². The normalized spacial score (nSPS) is 9.82. The number of ether oxygens (including phenoxy) is 2. The van der Waals surface area contributed by atoms with Crippen LogP contribution in [-0.2, 0) is 11.3 Å². The molecule has 0 aromatic heterocycles. The van der Waals surface area contributed by atoms with Crippen LogP contribution in [0.1, 0.15) is 5.56 Å². The molecule has 0 fully saturated rings. The predicted octanol–water partition coefficient (Wildman–Crippen LogP) is 0.539. The average molecular weight is 238 g/mol. The van der Waals surface area contributed by atoms with E-state index in [0.29, 0.717) is 24.6 Å². The standard InChI is InChI=1S/C12H18N2O3/c1-13-12(15)8-14-7-9-4-5-10(16-2)11(6-9)17-3/h4-6,14H,7-8H2,1-3H3,(H,13,15). The van der Waals surface area contributed by atoms with E-state index in [1.54, 1.807) is 21.3 Å². The molecule has 1 aromatic carbocycles. The van der Waals surface area contributed by atoms with Crippen molar-refractivity contribution in [3.05, 3.63) is 23.8 Å². The van der Waals surface area contributed by atoms with Gasteiger partial charge in [-0.15, -0.1) is 0 Å². The molecule has 5 heteroatoms. The van der Waals surface area contributed by atoms with Crippen LogP contribution in [0.25, 0.3) is 0 Å². The first-order valence-corrected chi connectivity index (χ1v) is 5.33. The van der Waals surface area contributed by atoms with Gasteiger partial charge in [-0.3, -0.25) is 4.79 Å². The van der Waals surface area contributed by atoms with Gasteiger partial charge in [0, 0.05) is 13.6 Å². The Hall–Kier alpha value is -1.75. The van der Waals surface area contributed by atoms with Crippen molar-refractivity contribution in [2.75, 3.05) is 27.8 Å². The lowest BCUT2D eigenvalue weighted by atomic mass is 10.2. The predicted molar refractivity (Wildman–Crippen MR) is 65.3 cm³/mol. The minimum Gasteiger partial charge on any atom is -0.493 e. The smallest absolute Gasteiger partial charge is 0.233 e. The Morgan fingerprint density at radius 3 is 2.53 bits per heavy atom. The number of carbonyl (C=O) groups is 1. The third-order valence-electron chi connectivity index (χ3n) is 2.34. The van der Waals surface area contributed by atoms with Gasteiger partial charge in [0.05, 0.1) is 20.8 Å². The molecule has 1 aromatic rings. The molecular weight excluding hydrogens is 220 g/mol. The number of nitrogens with one attached hydrogen (secondary N) is 2. The maximum Gasteiger partial charge on any atom is 0.233 e.